The lowest BCUT2D eigenvalue weighted by molar-refractivity contribution is -0.172. The van der Waals surface area contributed by atoms with Crippen LogP contribution in [0.3, 0.4) is 0 Å². The minimum absolute atomic E-state index is 0.00226. The zero-order valence-electron chi connectivity index (χ0n) is 83.5. The van der Waals surface area contributed by atoms with Crippen molar-refractivity contribution in [2.75, 3.05) is 349 Å². The van der Waals surface area contributed by atoms with E-state index in [1.54, 1.807) is 19.9 Å². The van der Waals surface area contributed by atoms with Crippen LogP contribution in [0.4, 0.5) is 10.1 Å². The van der Waals surface area contributed by atoms with Gasteiger partial charge in [-0.2, -0.15) is 0 Å². The molecular formula is C96H152FN7O38P2. The number of aliphatic carboxylic acids is 1. The largest absolute Gasteiger partial charge is 0.480 e. The number of cyclic esters (lactones) is 1. The Balaban J connectivity index is 0.583. The molecule has 7 rings (SSSR count). The van der Waals surface area contributed by atoms with Crippen molar-refractivity contribution in [3.63, 3.8) is 0 Å². The Kier molecular flexibility index (Phi) is 65.5. The third-order valence-corrected chi connectivity index (χ3v) is 24.9. The molecule has 144 heavy (non-hydrogen) atoms. The van der Waals surface area contributed by atoms with E-state index in [2.05, 4.69) is 31.8 Å². The molecule has 0 spiro atoms. The number of benzene rings is 2. The number of aliphatic hydroxyl groups is 2. The zero-order valence-corrected chi connectivity index (χ0v) is 85.3. The van der Waals surface area contributed by atoms with Gasteiger partial charge in [0.05, 0.1) is 359 Å². The molecule has 0 fully saturated rings. The summed E-state index contributed by atoms with van der Waals surface area (Å²) in [4.78, 5) is 82.8. The van der Waals surface area contributed by atoms with Crippen molar-refractivity contribution in [1.29, 1.82) is 0 Å². The number of carboxylic acids is 1. The van der Waals surface area contributed by atoms with Gasteiger partial charge in [0.25, 0.3) is 11.5 Å². The highest BCUT2D eigenvalue weighted by atomic mass is 31.2. The van der Waals surface area contributed by atoms with Crippen molar-refractivity contribution in [2.45, 2.75) is 109 Å². The molecule has 0 saturated heterocycles. The molecule has 4 heterocycles. The van der Waals surface area contributed by atoms with Crippen molar-refractivity contribution in [1.82, 2.24) is 30.6 Å². The minimum atomic E-state index is -4.26. The molecule has 45 nitrogen and oxygen atoms in total. The Hall–Kier alpha value is -7.26. The van der Waals surface area contributed by atoms with Crippen molar-refractivity contribution in [3.05, 3.63) is 91.5 Å². The molecule has 3 amide bonds. The number of rotatable bonds is 95. The maximum atomic E-state index is 15.6. The number of carbonyl (C=O) groups excluding carboxylic acids is 4. The van der Waals surface area contributed by atoms with Crippen LogP contribution in [0.2, 0.25) is 0 Å². The molecule has 0 saturated carbocycles. The van der Waals surface area contributed by atoms with Crippen molar-refractivity contribution >= 4 is 61.5 Å². The molecule has 2 aliphatic heterocycles. The molecule has 5 atom stereocenters. The van der Waals surface area contributed by atoms with Crippen LogP contribution in [0.15, 0.2) is 41.2 Å². The van der Waals surface area contributed by atoms with Gasteiger partial charge in [0.15, 0.2) is 5.60 Å². The summed E-state index contributed by atoms with van der Waals surface area (Å²) < 4.78 is 194. The average molecular weight is 2090 g/mol. The second kappa shape index (κ2) is 76.3. The SMILES string of the molecule is C#CP(=O)(Nc1ccc(C(=O)NCCCCCOP(=O)(NCCCCC(=O)NC(C)C(=O)O)OCC(=O)N[C@H]2CCc3c(C)c(F)cc4nc5c(c2c34)Cn2c-5cc3c(c2=O)COC(=O)[C@]3(O)CC)cc1)OCCOCCOCCOCCOCCOCCOCCOCCOCCOCCOCCOCCOCCOCCOCCOCCOCCOCCOCCOCCOCCOCCOCCOCCO. The van der Waals surface area contributed by atoms with Crippen LogP contribution in [0, 0.1) is 24.8 Å². The smallest absolute Gasteiger partial charge is 0.406 e. The van der Waals surface area contributed by atoms with Crippen LogP contribution in [-0.2, 0) is 181 Å². The summed E-state index contributed by atoms with van der Waals surface area (Å²) in [5.41, 5.74) is 3.59. The van der Waals surface area contributed by atoms with E-state index in [-0.39, 0.29) is 114 Å². The number of esters is 1. The van der Waals surface area contributed by atoms with Gasteiger partial charge < -0.3 is 159 Å². The average Bonchev–Trinajstić information content (AvgIpc) is 1.53. The van der Waals surface area contributed by atoms with E-state index in [1.807, 2.05) is 0 Å². The lowest BCUT2D eigenvalue weighted by Gasteiger charge is -2.31. The summed E-state index contributed by atoms with van der Waals surface area (Å²) in [7, 11) is -8.06. The lowest BCUT2D eigenvalue weighted by atomic mass is 9.81. The van der Waals surface area contributed by atoms with Gasteiger partial charge in [-0.3, -0.25) is 37.6 Å². The van der Waals surface area contributed by atoms with E-state index < -0.39 is 74.7 Å². The van der Waals surface area contributed by atoms with Crippen molar-refractivity contribution < 1.29 is 180 Å². The van der Waals surface area contributed by atoms with Gasteiger partial charge >= 0.3 is 27.2 Å². The highest BCUT2D eigenvalue weighted by molar-refractivity contribution is 7.65. The Morgan fingerprint density at radius 2 is 0.938 bits per heavy atom. The normalized spacial score (nSPS) is 15.3. The topological polar surface area (TPSA) is 524 Å². The van der Waals surface area contributed by atoms with E-state index in [0.717, 1.165) is 0 Å². The summed E-state index contributed by atoms with van der Waals surface area (Å²) >= 11 is 0. The number of aliphatic hydroxyl groups excluding tert-OH is 1. The Morgan fingerprint density at radius 3 is 1.34 bits per heavy atom. The van der Waals surface area contributed by atoms with E-state index >= 15 is 4.39 Å². The number of aromatic nitrogens is 2. The number of anilines is 1. The standard InChI is InChI=1S/C96H152FN7O38P2/c1-5-96(113)82-70-86-91-80(72-104(86)93(109)81(82)73-139-95(96)112)90-84(18-17-79-75(3)83(97)71-85(102-91)89(79)90)101-88(107)74-142-144(115,99-20-10-8-12-87(106)100-76(4)94(110)111)141-22-11-7-9-19-98-92(108)77-13-15-78(16-14-77)103-143(114,6-2)140-69-68-138-67-66-137-65-64-136-63-62-135-61-60-134-59-58-133-57-56-132-55-54-131-53-52-130-51-50-129-49-48-128-47-46-127-45-44-126-43-42-125-41-40-124-39-38-123-37-36-122-35-34-121-33-32-120-31-30-119-29-28-118-27-26-117-25-24-116-23-21-105/h2,13-16,70-71,76,84,105,113H,5,7-12,17-69,72-74H2,1,3-4H3,(H,98,108)(H,99,115)(H,100,106)(H,101,107)(H,103,114)(H,110,111)/t76?,84-,96-,143?,144?/m0/s1. The van der Waals surface area contributed by atoms with E-state index in [0.29, 0.717) is 366 Å². The number of fused-ring (bicyclic) bond motifs is 5. The molecule has 1 aliphatic carbocycles. The first-order valence-electron chi connectivity index (χ1n) is 49.3. The lowest BCUT2D eigenvalue weighted by Crippen LogP contribution is -2.44. The van der Waals surface area contributed by atoms with Gasteiger partial charge in [-0.25, -0.2) is 23.8 Å². The summed E-state index contributed by atoms with van der Waals surface area (Å²) in [6.45, 7) is 23.3. The molecule has 0 radical (unpaired) electrons. The molecule has 0 bridgehead atoms. The van der Waals surface area contributed by atoms with Gasteiger partial charge in [0.2, 0.25) is 11.8 Å². The first-order chi connectivity index (χ1) is 70.2. The van der Waals surface area contributed by atoms with Crippen LogP contribution in [-0.4, -0.2) is 404 Å². The number of unbranched alkanes of at least 4 members (excludes halogenated alkanes) is 3. The Labute approximate surface area is 841 Å². The molecule has 4 aromatic rings. The molecule has 2 aromatic carbocycles. The number of carboxylic acid groups (broad SMARTS) is 1. The maximum Gasteiger partial charge on any atom is 0.406 e. The molecule has 8 N–H and O–H groups in total. The number of amides is 3. The highest BCUT2D eigenvalue weighted by Gasteiger charge is 2.46. The monoisotopic (exact) mass is 2090 g/mol. The number of halogens is 1. The third kappa shape index (κ3) is 49.9. The first-order valence-corrected chi connectivity index (χ1v) is 52.5. The summed E-state index contributed by atoms with van der Waals surface area (Å²) in [5.74, 6) is -4.14. The molecular weight excluding hydrogens is 1940 g/mol. The Bertz CT molecular complexity index is 4450. The minimum Gasteiger partial charge on any atom is -0.480 e. The quantitative estimate of drug-likeness (QED) is 0.0106. The number of hydrogen-bond donors (Lipinski definition) is 8. The molecule has 3 unspecified atom stereocenters. The van der Waals surface area contributed by atoms with Gasteiger partial charge in [-0.15, -0.1) is 6.42 Å². The number of ether oxygens (including phenoxy) is 24. The predicted molar refractivity (Wildman–Crippen MR) is 520 cm³/mol. The highest BCUT2D eigenvalue weighted by Crippen LogP contribution is 2.48. The Morgan fingerprint density at radius 1 is 0.528 bits per heavy atom. The van der Waals surface area contributed by atoms with E-state index in [1.165, 1.54) is 41.8 Å². The van der Waals surface area contributed by atoms with Crippen LogP contribution in [0.5, 0.6) is 0 Å². The van der Waals surface area contributed by atoms with E-state index in [9.17, 15) is 48.1 Å². The van der Waals surface area contributed by atoms with Gasteiger partial charge in [-0.1, -0.05) is 6.92 Å². The molecule has 48 heteroatoms. The van der Waals surface area contributed by atoms with Crippen molar-refractivity contribution in [2.24, 2.45) is 0 Å². The maximum absolute atomic E-state index is 15.6. The second-order valence-corrected chi connectivity index (χ2v) is 36.1. The van der Waals surface area contributed by atoms with Gasteiger partial charge in [0, 0.05) is 59.0 Å². The van der Waals surface area contributed by atoms with Crippen molar-refractivity contribution in [3.8, 4) is 23.5 Å². The molecule has 3 aliphatic rings. The van der Waals surface area contributed by atoms with Gasteiger partial charge in [-0.05, 0) is 112 Å². The molecule has 816 valence electrons. The number of aryl methyl sites for hydroxylation is 1. The fourth-order valence-corrected chi connectivity index (χ4v) is 16.7. The zero-order chi connectivity index (χ0) is 103. The number of hydrogen-bond acceptors (Lipinski definition) is 38. The van der Waals surface area contributed by atoms with Crippen LogP contribution >= 0.6 is 15.3 Å². The van der Waals surface area contributed by atoms with Gasteiger partial charge in [0.1, 0.15) is 25.1 Å². The van der Waals surface area contributed by atoms with Crippen LogP contribution in [0.1, 0.15) is 115 Å². The number of nitrogens with one attached hydrogen (secondary N) is 5. The fourth-order valence-electron chi connectivity index (χ4n) is 14.3. The number of terminal acetylenes is 1. The number of pyridine rings is 2. The summed E-state index contributed by atoms with van der Waals surface area (Å²) in [5, 5.41) is 43.7. The number of nitrogens with zero attached hydrogens (tertiary/aromatic N) is 2. The van der Waals surface area contributed by atoms with Crippen LogP contribution in [0.25, 0.3) is 22.3 Å². The summed E-state index contributed by atoms with van der Waals surface area (Å²) in [6, 6.07) is 7.13. The molecule has 2 aromatic heterocycles. The van der Waals surface area contributed by atoms with E-state index in [4.69, 9.17) is 144 Å². The summed E-state index contributed by atoms with van der Waals surface area (Å²) in [6.07, 6.45) is 8.02. The predicted octanol–water partition coefficient (Wildman–Crippen LogP) is 5.31. The van der Waals surface area contributed by atoms with Crippen LogP contribution < -0.4 is 31.7 Å². The third-order valence-electron chi connectivity index (χ3n) is 21.8. The fraction of sp³-hybridized carbons (Fsp3) is 0.719. The first kappa shape index (κ1) is 124. The number of carbonyl (C=O) groups is 5. The second-order valence-electron chi connectivity index (χ2n) is 32.4.